The summed E-state index contributed by atoms with van der Waals surface area (Å²) in [5, 5.41) is 29.2. The van der Waals surface area contributed by atoms with Gasteiger partial charge in [-0.15, -0.1) is 0 Å². The number of unbranched alkanes of at least 4 members (excludes halogenated alkanes) is 3. The van der Waals surface area contributed by atoms with Crippen molar-refractivity contribution in [2.45, 2.75) is 83.0 Å². The number of allylic oxidation sites excluding steroid dienone is 2. The summed E-state index contributed by atoms with van der Waals surface area (Å²) in [6.07, 6.45) is 14.1. The lowest BCUT2D eigenvalue weighted by Crippen LogP contribution is -2.20. The van der Waals surface area contributed by atoms with E-state index in [4.69, 9.17) is 9.84 Å². The van der Waals surface area contributed by atoms with Crippen molar-refractivity contribution >= 4 is 5.97 Å². The number of rotatable bonds is 13. The number of ether oxygens (including phenoxy) is 1. The van der Waals surface area contributed by atoms with Crippen LogP contribution in [-0.4, -0.2) is 46.7 Å². The Labute approximate surface area is 157 Å². The highest BCUT2D eigenvalue weighted by molar-refractivity contribution is 5.66. The minimum atomic E-state index is -0.774. The van der Waals surface area contributed by atoms with Crippen LogP contribution in [0.5, 0.6) is 0 Å². The molecule has 0 aromatic carbocycles. The van der Waals surface area contributed by atoms with Gasteiger partial charge in [0.05, 0.1) is 18.3 Å². The van der Waals surface area contributed by atoms with Gasteiger partial charge in [-0.25, -0.2) is 0 Å². The van der Waals surface area contributed by atoms with Gasteiger partial charge in [-0.2, -0.15) is 0 Å². The molecular weight excluding hydrogens is 332 g/mol. The van der Waals surface area contributed by atoms with Gasteiger partial charge in [0.2, 0.25) is 0 Å². The van der Waals surface area contributed by atoms with Gasteiger partial charge in [0, 0.05) is 25.9 Å². The summed E-state index contributed by atoms with van der Waals surface area (Å²) in [5.41, 5.74) is 0. The highest BCUT2D eigenvalue weighted by Crippen LogP contribution is 2.36. The summed E-state index contributed by atoms with van der Waals surface area (Å²) in [7, 11) is 1.71. The average molecular weight is 369 g/mol. The first-order valence-electron chi connectivity index (χ1n) is 9.93. The fourth-order valence-electron chi connectivity index (χ4n) is 3.59. The van der Waals surface area contributed by atoms with E-state index in [2.05, 4.69) is 6.92 Å². The van der Waals surface area contributed by atoms with Gasteiger partial charge in [-0.1, -0.05) is 50.5 Å². The molecule has 0 aromatic heterocycles. The van der Waals surface area contributed by atoms with E-state index < -0.39 is 18.2 Å². The van der Waals surface area contributed by atoms with Crippen LogP contribution in [0.3, 0.4) is 0 Å². The maximum atomic E-state index is 10.5. The molecule has 0 amide bonds. The number of carbonyl (C=O) groups is 1. The first kappa shape index (κ1) is 22.9. The number of aliphatic hydroxyl groups is 2. The number of aliphatic carboxylic acids is 1. The Morgan fingerprint density at radius 2 is 1.96 bits per heavy atom. The standard InChI is InChI=1S/C21H36O5/c1-3-4-7-10-16(26-2)13-14-18-17(19(22)15-20(18)23)11-8-5-6-9-12-21(24)25/h5,8,13-14,16-20,22-23H,3-4,6-7,9-12,15H2,1-2H3,(H,24,25)/b8-5+,14-13+/t16-,17-,18-,19+,20-/m1/s1. The normalized spacial score (nSPS) is 27.5. The van der Waals surface area contributed by atoms with Crippen molar-refractivity contribution in [3.05, 3.63) is 24.3 Å². The molecule has 0 spiro atoms. The topological polar surface area (TPSA) is 87.0 Å². The van der Waals surface area contributed by atoms with E-state index in [1.54, 1.807) is 7.11 Å². The molecule has 0 saturated heterocycles. The zero-order valence-corrected chi connectivity index (χ0v) is 16.2. The summed E-state index contributed by atoms with van der Waals surface area (Å²) in [5.74, 6) is -0.854. The maximum absolute atomic E-state index is 10.5. The van der Waals surface area contributed by atoms with Crippen LogP contribution in [0, 0.1) is 11.8 Å². The Hall–Kier alpha value is -1.17. The first-order valence-corrected chi connectivity index (χ1v) is 9.93. The van der Waals surface area contributed by atoms with E-state index in [0.717, 1.165) is 19.3 Å². The van der Waals surface area contributed by atoms with Gasteiger partial charge in [0.25, 0.3) is 0 Å². The molecule has 0 aromatic rings. The van der Waals surface area contributed by atoms with Gasteiger partial charge >= 0.3 is 5.97 Å². The number of carboxylic acids is 1. The van der Waals surface area contributed by atoms with E-state index in [1.165, 1.54) is 12.8 Å². The van der Waals surface area contributed by atoms with Crippen molar-refractivity contribution in [1.29, 1.82) is 0 Å². The highest BCUT2D eigenvalue weighted by Gasteiger charge is 2.39. The van der Waals surface area contributed by atoms with Crippen LogP contribution in [0.2, 0.25) is 0 Å². The minimum absolute atomic E-state index is 0.00915. The summed E-state index contributed by atoms with van der Waals surface area (Å²) in [6.45, 7) is 2.17. The van der Waals surface area contributed by atoms with Crippen molar-refractivity contribution in [2.75, 3.05) is 7.11 Å². The molecule has 5 nitrogen and oxygen atoms in total. The van der Waals surface area contributed by atoms with Crippen molar-refractivity contribution in [3.8, 4) is 0 Å². The lowest BCUT2D eigenvalue weighted by atomic mass is 9.89. The van der Waals surface area contributed by atoms with Crippen LogP contribution < -0.4 is 0 Å². The van der Waals surface area contributed by atoms with Crippen LogP contribution in [0.1, 0.15) is 64.7 Å². The van der Waals surface area contributed by atoms with Crippen LogP contribution in [0.4, 0.5) is 0 Å². The molecule has 150 valence electrons. The van der Waals surface area contributed by atoms with Crippen LogP contribution >= 0.6 is 0 Å². The second-order valence-corrected chi connectivity index (χ2v) is 7.26. The predicted molar refractivity (Wildman–Crippen MR) is 103 cm³/mol. The average Bonchev–Trinajstić information content (AvgIpc) is 2.87. The van der Waals surface area contributed by atoms with E-state index >= 15 is 0 Å². The zero-order valence-electron chi connectivity index (χ0n) is 16.2. The molecule has 1 aliphatic carbocycles. The largest absolute Gasteiger partial charge is 0.481 e. The summed E-state index contributed by atoms with van der Waals surface area (Å²) < 4.78 is 5.51. The fraction of sp³-hybridized carbons (Fsp3) is 0.762. The van der Waals surface area contributed by atoms with E-state index in [9.17, 15) is 15.0 Å². The third-order valence-corrected chi connectivity index (χ3v) is 5.20. The third kappa shape index (κ3) is 8.47. The molecule has 1 saturated carbocycles. The molecule has 5 atom stereocenters. The smallest absolute Gasteiger partial charge is 0.303 e. The van der Waals surface area contributed by atoms with Crippen molar-refractivity contribution in [1.82, 2.24) is 0 Å². The second-order valence-electron chi connectivity index (χ2n) is 7.26. The molecule has 1 aliphatic rings. The Morgan fingerprint density at radius 1 is 1.19 bits per heavy atom. The lowest BCUT2D eigenvalue weighted by Gasteiger charge is -2.20. The van der Waals surface area contributed by atoms with Gasteiger partial charge in [-0.05, 0) is 31.6 Å². The van der Waals surface area contributed by atoms with E-state index in [0.29, 0.717) is 19.3 Å². The Bertz CT molecular complexity index is 446. The van der Waals surface area contributed by atoms with Crippen LogP contribution in [0.15, 0.2) is 24.3 Å². The zero-order chi connectivity index (χ0) is 19.4. The predicted octanol–water partition coefficient (Wildman–Crippen LogP) is 3.70. The Morgan fingerprint density at radius 3 is 2.62 bits per heavy atom. The molecule has 1 rings (SSSR count). The number of hydrogen-bond donors (Lipinski definition) is 3. The fourth-order valence-corrected chi connectivity index (χ4v) is 3.59. The second kappa shape index (κ2) is 13.1. The van der Waals surface area contributed by atoms with Gasteiger partial charge in [-0.3, -0.25) is 4.79 Å². The van der Waals surface area contributed by atoms with Crippen molar-refractivity contribution in [3.63, 3.8) is 0 Å². The van der Waals surface area contributed by atoms with Crippen molar-refractivity contribution in [2.24, 2.45) is 11.8 Å². The third-order valence-electron chi connectivity index (χ3n) is 5.20. The maximum Gasteiger partial charge on any atom is 0.303 e. The molecule has 5 heteroatoms. The van der Waals surface area contributed by atoms with Gasteiger partial charge < -0.3 is 20.1 Å². The van der Waals surface area contributed by atoms with Crippen LogP contribution in [0.25, 0.3) is 0 Å². The summed E-state index contributed by atoms with van der Waals surface area (Å²) >= 11 is 0. The molecule has 0 unspecified atom stereocenters. The molecule has 0 bridgehead atoms. The van der Waals surface area contributed by atoms with Gasteiger partial charge in [0.1, 0.15) is 0 Å². The lowest BCUT2D eigenvalue weighted by molar-refractivity contribution is -0.137. The van der Waals surface area contributed by atoms with Crippen LogP contribution in [-0.2, 0) is 9.53 Å². The Balaban J connectivity index is 2.53. The molecular formula is C21H36O5. The molecule has 0 radical (unpaired) electrons. The first-order chi connectivity index (χ1) is 12.5. The summed E-state index contributed by atoms with van der Waals surface area (Å²) in [6, 6.07) is 0. The number of aliphatic hydroxyl groups excluding tert-OH is 2. The molecule has 0 heterocycles. The molecule has 0 aliphatic heterocycles. The SMILES string of the molecule is CCCCC[C@H](/C=C/[C@@H]1[C@@H](C/C=C/CCCC(=O)O)[C@@H](O)C[C@H]1O)OC. The van der Waals surface area contributed by atoms with E-state index in [-0.39, 0.29) is 24.4 Å². The highest BCUT2D eigenvalue weighted by atomic mass is 16.5. The monoisotopic (exact) mass is 368 g/mol. The van der Waals surface area contributed by atoms with Gasteiger partial charge in [0.15, 0.2) is 0 Å². The number of hydrogen-bond acceptors (Lipinski definition) is 4. The molecule has 1 fully saturated rings. The number of carboxylic acid groups (broad SMARTS) is 1. The van der Waals surface area contributed by atoms with Crippen molar-refractivity contribution < 1.29 is 24.9 Å². The Kier molecular flexibility index (Phi) is 11.5. The molecule has 3 N–H and O–H groups in total. The molecule has 26 heavy (non-hydrogen) atoms. The number of methoxy groups -OCH3 is 1. The summed E-state index contributed by atoms with van der Waals surface area (Å²) in [4.78, 5) is 10.5. The van der Waals surface area contributed by atoms with E-state index in [1.807, 2.05) is 24.3 Å². The minimum Gasteiger partial charge on any atom is -0.481 e. The quantitative estimate of drug-likeness (QED) is 0.341.